The van der Waals surface area contributed by atoms with Crippen LogP contribution in [0, 0.1) is 6.92 Å². The third kappa shape index (κ3) is 9.69. The molecule has 0 saturated carbocycles. The summed E-state index contributed by atoms with van der Waals surface area (Å²) < 4.78 is 6.77. The maximum atomic E-state index is 13.7. The monoisotopic (exact) mass is 564 g/mol. The van der Waals surface area contributed by atoms with Gasteiger partial charge >= 0.3 is 0 Å². The van der Waals surface area contributed by atoms with Crippen LogP contribution in [0.5, 0.6) is 5.75 Å². The summed E-state index contributed by atoms with van der Waals surface area (Å²) in [4.78, 5) is 29.0. The van der Waals surface area contributed by atoms with Gasteiger partial charge in [0.15, 0.2) is 0 Å². The van der Waals surface area contributed by atoms with Gasteiger partial charge in [-0.15, -0.1) is 0 Å². The molecule has 0 radical (unpaired) electrons. The van der Waals surface area contributed by atoms with Crippen LogP contribution in [0.4, 0.5) is 0 Å². The smallest absolute Gasteiger partial charge is 0.243 e. The lowest BCUT2D eigenvalue weighted by Crippen LogP contribution is -2.54. The van der Waals surface area contributed by atoms with Gasteiger partial charge in [0.05, 0.1) is 6.61 Å². The van der Waals surface area contributed by atoms with Crippen molar-refractivity contribution in [2.24, 2.45) is 0 Å². The molecule has 5 nitrogen and oxygen atoms in total. The summed E-state index contributed by atoms with van der Waals surface area (Å²) in [5.41, 5.74) is 2.72. The van der Waals surface area contributed by atoms with E-state index in [0.29, 0.717) is 26.0 Å². The molecule has 3 aromatic rings. The molecule has 0 unspecified atom stereocenters. The van der Waals surface area contributed by atoms with Crippen LogP contribution in [0.3, 0.4) is 0 Å². The second kappa shape index (κ2) is 13.4. The van der Waals surface area contributed by atoms with E-state index in [4.69, 9.17) is 4.74 Å². The van der Waals surface area contributed by atoms with E-state index >= 15 is 0 Å². The number of aryl methyl sites for hydroxylation is 1. The van der Waals surface area contributed by atoms with Gasteiger partial charge < -0.3 is 15.0 Å². The molecule has 6 heteroatoms. The van der Waals surface area contributed by atoms with Crippen LogP contribution in [0.2, 0.25) is 0 Å². The van der Waals surface area contributed by atoms with Crippen molar-refractivity contribution < 1.29 is 14.3 Å². The van der Waals surface area contributed by atoms with Crippen molar-refractivity contribution >= 4 is 27.7 Å². The van der Waals surface area contributed by atoms with Crippen LogP contribution in [0.1, 0.15) is 50.3 Å². The molecule has 0 saturated heterocycles. The first-order valence-corrected chi connectivity index (χ1v) is 13.5. The summed E-state index contributed by atoms with van der Waals surface area (Å²) in [5.74, 6) is 0.559. The van der Waals surface area contributed by atoms with Crippen molar-refractivity contribution in [3.8, 4) is 5.75 Å². The van der Waals surface area contributed by atoms with Gasteiger partial charge in [-0.3, -0.25) is 9.59 Å². The van der Waals surface area contributed by atoms with Crippen LogP contribution in [-0.2, 0) is 22.6 Å². The number of halogens is 1. The molecule has 0 aliphatic heterocycles. The quantitative estimate of drug-likeness (QED) is 0.271. The molecule has 0 heterocycles. The van der Waals surface area contributed by atoms with Crippen molar-refractivity contribution in [2.75, 3.05) is 6.61 Å². The van der Waals surface area contributed by atoms with Gasteiger partial charge in [0.1, 0.15) is 11.8 Å². The summed E-state index contributed by atoms with van der Waals surface area (Å²) in [6, 6.07) is 24.9. The Balaban J connectivity index is 1.81. The lowest BCUT2D eigenvalue weighted by atomic mass is 10.00. The van der Waals surface area contributed by atoms with Gasteiger partial charge in [0.2, 0.25) is 11.8 Å². The molecule has 0 aliphatic rings. The van der Waals surface area contributed by atoms with E-state index in [1.165, 1.54) is 5.56 Å². The molecule has 196 valence electrons. The highest BCUT2D eigenvalue weighted by Gasteiger charge is 2.32. The minimum Gasteiger partial charge on any atom is -0.494 e. The van der Waals surface area contributed by atoms with E-state index in [1.54, 1.807) is 4.90 Å². The highest BCUT2D eigenvalue weighted by molar-refractivity contribution is 9.10. The Hall–Kier alpha value is -3.12. The van der Waals surface area contributed by atoms with Crippen molar-refractivity contribution in [3.05, 3.63) is 100 Å². The maximum Gasteiger partial charge on any atom is 0.243 e. The fourth-order valence-electron chi connectivity index (χ4n) is 4.03. The molecule has 3 rings (SSSR count). The number of rotatable bonds is 11. The van der Waals surface area contributed by atoms with Crippen molar-refractivity contribution in [2.45, 2.75) is 65.1 Å². The molecule has 0 aliphatic carbocycles. The van der Waals surface area contributed by atoms with E-state index in [2.05, 4.69) is 21.2 Å². The molecule has 37 heavy (non-hydrogen) atoms. The first-order chi connectivity index (χ1) is 17.6. The number of nitrogens with zero attached hydrogens (tertiary/aromatic N) is 1. The Labute approximate surface area is 229 Å². The molecular formula is C31H37BrN2O3. The van der Waals surface area contributed by atoms with Gasteiger partial charge in [-0.05, 0) is 69.5 Å². The van der Waals surface area contributed by atoms with E-state index < -0.39 is 11.6 Å². The Morgan fingerprint density at radius 3 is 2.27 bits per heavy atom. The Bertz CT molecular complexity index is 1160. The number of carbonyl (C=O) groups excluding carboxylic acids is 2. The van der Waals surface area contributed by atoms with E-state index in [-0.39, 0.29) is 18.2 Å². The van der Waals surface area contributed by atoms with E-state index in [0.717, 1.165) is 21.3 Å². The summed E-state index contributed by atoms with van der Waals surface area (Å²) in [6.07, 6.45) is 1.27. The molecule has 2 amide bonds. The van der Waals surface area contributed by atoms with Crippen molar-refractivity contribution in [1.29, 1.82) is 0 Å². The predicted octanol–water partition coefficient (Wildman–Crippen LogP) is 6.47. The topological polar surface area (TPSA) is 58.6 Å². The third-order valence-corrected chi connectivity index (χ3v) is 6.33. The predicted molar refractivity (Wildman–Crippen MR) is 152 cm³/mol. The largest absolute Gasteiger partial charge is 0.494 e. The lowest BCUT2D eigenvalue weighted by Gasteiger charge is -2.34. The summed E-state index contributed by atoms with van der Waals surface area (Å²) in [7, 11) is 0. The Morgan fingerprint density at radius 1 is 0.946 bits per heavy atom. The number of amides is 2. The maximum absolute atomic E-state index is 13.7. The molecule has 0 fully saturated rings. The summed E-state index contributed by atoms with van der Waals surface area (Å²) in [5, 5.41) is 3.10. The number of hydrogen-bond donors (Lipinski definition) is 1. The zero-order valence-corrected chi connectivity index (χ0v) is 23.8. The first kappa shape index (κ1) is 28.5. The minimum atomic E-state index is -0.647. The number of nitrogens with one attached hydrogen (secondary N) is 1. The van der Waals surface area contributed by atoms with E-state index in [1.807, 2.05) is 107 Å². The first-order valence-electron chi connectivity index (χ1n) is 12.7. The minimum absolute atomic E-state index is 0.0718. The zero-order valence-electron chi connectivity index (χ0n) is 22.2. The number of ether oxygens (including phenoxy) is 1. The average Bonchev–Trinajstić information content (AvgIpc) is 2.84. The normalized spacial score (nSPS) is 12.0. The summed E-state index contributed by atoms with van der Waals surface area (Å²) >= 11 is 3.53. The standard InChI is InChI=1S/C31H37BrN2O3/c1-23-15-17-27(18-16-23)37-19-9-14-29(35)34(22-25-12-8-13-26(32)20-25)28(30(36)33-31(2,3)4)21-24-10-6-5-7-11-24/h5-8,10-13,15-18,20,28H,9,14,19,21-22H2,1-4H3,(H,33,36)/t28-/m0/s1. The van der Waals surface area contributed by atoms with Crippen molar-refractivity contribution in [1.82, 2.24) is 10.2 Å². The third-order valence-electron chi connectivity index (χ3n) is 5.84. The van der Waals surface area contributed by atoms with Gasteiger partial charge in [-0.25, -0.2) is 0 Å². The zero-order chi connectivity index (χ0) is 26.8. The van der Waals surface area contributed by atoms with Crippen molar-refractivity contribution in [3.63, 3.8) is 0 Å². The number of hydrogen-bond acceptors (Lipinski definition) is 3. The van der Waals surface area contributed by atoms with E-state index in [9.17, 15) is 9.59 Å². The highest BCUT2D eigenvalue weighted by Crippen LogP contribution is 2.20. The van der Waals surface area contributed by atoms with Crippen LogP contribution in [0.15, 0.2) is 83.3 Å². The molecule has 0 spiro atoms. The van der Waals surface area contributed by atoms with Crippen LogP contribution in [0.25, 0.3) is 0 Å². The van der Waals surface area contributed by atoms with Gasteiger partial charge in [-0.2, -0.15) is 0 Å². The van der Waals surface area contributed by atoms with Gasteiger partial charge in [0, 0.05) is 29.4 Å². The van der Waals surface area contributed by atoms with Crippen LogP contribution in [-0.4, -0.2) is 34.9 Å². The van der Waals surface area contributed by atoms with Crippen LogP contribution >= 0.6 is 15.9 Å². The average molecular weight is 566 g/mol. The fourth-order valence-corrected chi connectivity index (χ4v) is 4.48. The highest BCUT2D eigenvalue weighted by atomic mass is 79.9. The second-order valence-corrected chi connectivity index (χ2v) is 11.3. The molecule has 1 N–H and O–H groups in total. The number of carbonyl (C=O) groups is 2. The van der Waals surface area contributed by atoms with Gasteiger partial charge in [0.25, 0.3) is 0 Å². The molecule has 1 atom stereocenters. The van der Waals surface area contributed by atoms with Crippen LogP contribution < -0.4 is 10.1 Å². The Kier molecular flexibility index (Phi) is 10.3. The number of benzene rings is 3. The molecular weight excluding hydrogens is 528 g/mol. The lowest BCUT2D eigenvalue weighted by molar-refractivity contribution is -0.142. The molecule has 0 aromatic heterocycles. The second-order valence-electron chi connectivity index (χ2n) is 10.4. The Morgan fingerprint density at radius 2 is 1.62 bits per heavy atom. The molecule has 3 aromatic carbocycles. The fraction of sp³-hybridized carbons (Fsp3) is 0.355. The SMILES string of the molecule is Cc1ccc(OCCCC(=O)N(Cc2cccc(Br)c2)[C@@H](Cc2ccccc2)C(=O)NC(C)(C)C)cc1. The summed E-state index contributed by atoms with van der Waals surface area (Å²) in [6.45, 7) is 8.65. The van der Waals surface area contributed by atoms with Gasteiger partial charge in [-0.1, -0.05) is 76.1 Å². The molecule has 0 bridgehead atoms.